The molecule has 0 saturated heterocycles. The van der Waals surface area contributed by atoms with Gasteiger partial charge in [0.25, 0.3) is 0 Å². The highest BCUT2D eigenvalue weighted by Crippen LogP contribution is 2.27. The average Bonchev–Trinajstić information content (AvgIpc) is 3.21. The summed E-state index contributed by atoms with van der Waals surface area (Å²) in [5.74, 6) is 1.11. The molecule has 0 aliphatic heterocycles. The van der Waals surface area contributed by atoms with Crippen molar-refractivity contribution < 1.29 is 8.81 Å². The van der Waals surface area contributed by atoms with Crippen LogP contribution in [-0.2, 0) is 6.54 Å². The van der Waals surface area contributed by atoms with Crippen LogP contribution in [0.2, 0.25) is 0 Å². The van der Waals surface area contributed by atoms with Gasteiger partial charge in [-0.25, -0.2) is 9.37 Å². The molecule has 2 aromatic carbocycles. The summed E-state index contributed by atoms with van der Waals surface area (Å²) in [5, 5.41) is 11.6. The van der Waals surface area contributed by atoms with Crippen molar-refractivity contribution in [1.29, 1.82) is 0 Å². The van der Waals surface area contributed by atoms with Crippen LogP contribution < -0.4 is 5.32 Å². The zero-order valence-electron chi connectivity index (χ0n) is 13.8. The van der Waals surface area contributed by atoms with Crippen LogP contribution in [0.3, 0.4) is 0 Å². The van der Waals surface area contributed by atoms with Gasteiger partial charge in [0.1, 0.15) is 17.3 Å². The van der Waals surface area contributed by atoms with E-state index in [-0.39, 0.29) is 5.82 Å². The van der Waals surface area contributed by atoms with Crippen LogP contribution in [0.15, 0.2) is 77.4 Å². The third kappa shape index (κ3) is 3.30. The summed E-state index contributed by atoms with van der Waals surface area (Å²) >= 11 is 0. The monoisotopic (exact) mass is 346 g/mol. The van der Waals surface area contributed by atoms with Crippen molar-refractivity contribution in [2.75, 3.05) is 5.32 Å². The van der Waals surface area contributed by atoms with Crippen molar-refractivity contribution in [2.45, 2.75) is 6.54 Å². The molecule has 1 N–H and O–H groups in total. The summed E-state index contributed by atoms with van der Waals surface area (Å²) in [5.41, 5.74) is 1.77. The second kappa shape index (κ2) is 7.14. The maximum atomic E-state index is 14.1. The van der Waals surface area contributed by atoms with Gasteiger partial charge in [-0.1, -0.05) is 42.5 Å². The van der Waals surface area contributed by atoms with E-state index in [0.717, 1.165) is 11.3 Å². The molecule has 2 aromatic heterocycles. The normalized spacial score (nSPS) is 10.7. The number of hydrogen-bond acceptors (Lipinski definition) is 5. The van der Waals surface area contributed by atoms with Gasteiger partial charge in [0, 0.05) is 5.56 Å². The van der Waals surface area contributed by atoms with E-state index in [0.29, 0.717) is 23.6 Å². The number of furan rings is 1. The molecule has 4 aromatic rings. The summed E-state index contributed by atoms with van der Waals surface area (Å²) in [7, 11) is 0. The molecule has 0 atom stereocenters. The van der Waals surface area contributed by atoms with E-state index in [1.165, 1.54) is 6.07 Å². The fraction of sp³-hybridized carbons (Fsp3) is 0.0500. The minimum Gasteiger partial charge on any atom is -0.467 e. The first-order valence-electron chi connectivity index (χ1n) is 8.12. The lowest BCUT2D eigenvalue weighted by Gasteiger charge is -2.11. The first kappa shape index (κ1) is 16.0. The molecular weight excluding hydrogens is 331 g/mol. The quantitative estimate of drug-likeness (QED) is 0.574. The number of hydrogen-bond donors (Lipinski definition) is 1. The molecule has 2 heterocycles. The van der Waals surface area contributed by atoms with Crippen molar-refractivity contribution in [3.05, 3.63) is 84.6 Å². The van der Waals surface area contributed by atoms with Gasteiger partial charge in [-0.2, -0.15) is 0 Å². The van der Waals surface area contributed by atoms with Gasteiger partial charge >= 0.3 is 0 Å². The summed E-state index contributed by atoms with van der Waals surface area (Å²) in [6.07, 6.45) is 1.61. The van der Waals surface area contributed by atoms with Crippen molar-refractivity contribution in [3.63, 3.8) is 0 Å². The number of nitrogens with zero attached hydrogens (tertiary/aromatic N) is 3. The van der Waals surface area contributed by atoms with Crippen molar-refractivity contribution in [3.8, 4) is 22.6 Å². The Bertz CT molecular complexity index is 1000. The maximum absolute atomic E-state index is 14.1. The standard InChI is InChI=1S/C20H15FN4O/c21-17-11-5-4-10-16(17)19-23-20(22-13-15-9-6-12-26-15)18(24-25-19)14-7-2-1-3-8-14/h1-12H,13H2,(H,22,23,25). The molecule has 0 bridgehead atoms. The predicted octanol–water partition coefficient (Wildman–Crippen LogP) is 4.55. The Morgan fingerprint density at radius 2 is 1.69 bits per heavy atom. The molecule has 26 heavy (non-hydrogen) atoms. The van der Waals surface area contributed by atoms with Gasteiger partial charge in [-0.15, -0.1) is 10.2 Å². The molecule has 0 amide bonds. The third-order valence-electron chi connectivity index (χ3n) is 3.86. The van der Waals surface area contributed by atoms with E-state index in [9.17, 15) is 4.39 Å². The highest BCUT2D eigenvalue weighted by Gasteiger charge is 2.15. The fourth-order valence-electron chi connectivity index (χ4n) is 2.58. The highest BCUT2D eigenvalue weighted by molar-refractivity contribution is 5.72. The van der Waals surface area contributed by atoms with Gasteiger partial charge in [-0.3, -0.25) is 0 Å². The lowest BCUT2D eigenvalue weighted by molar-refractivity contribution is 0.518. The number of rotatable bonds is 5. The van der Waals surface area contributed by atoms with Crippen molar-refractivity contribution in [2.24, 2.45) is 0 Å². The van der Waals surface area contributed by atoms with Crippen LogP contribution in [0.4, 0.5) is 10.2 Å². The topological polar surface area (TPSA) is 63.8 Å². The molecule has 0 aliphatic carbocycles. The molecule has 4 rings (SSSR count). The van der Waals surface area contributed by atoms with Gasteiger partial charge in [0.15, 0.2) is 11.6 Å². The number of aromatic nitrogens is 3. The minimum absolute atomic E-state index is 0.227. The summed E-state index contributed by atoms with van der Waals surface area (Å²) < 4.78 is 19.4. The first-order chi connectivity index (χ1) is 12.8. The molecule has 0 spiro atoms. The second-order valence-corrected chi connectivity index (χ2v) is 5.61. The van der Waals surface area contributed by atoms with Gasteiger partial charge in [0.05, 0.1) is 18.4 Å². The van der Waals surface area contributed by atoms with E-state index in [1.807, 2.05) is 42.5 Å². The second-order valence-electron chi connectivity index (χ2n) is 5.61. The molecule has 0 radical (unpaired) electrons. The summed E-state index contributed by atoms with van der Waals surface area (Å²) in [4.78, 5) is 4.51. The Hall–Kier alpha value is -3.54. The Morgan fingerprint density at radius 1 is 0.885 bits per heavy atom. The van der Waals surface area contributed by atoms with E-state index in [4.69, 9.17) is 4.42 Å². The minimum atomic E-state index is -0.390. The summed E-state index contributed by atoms with van der Waals surface area (Å²) in [6.45, 7) is 0.433. The molecule has 0 saturated carbocycles. The SMILES string of the molecule is Fc1ccccc1-c1nnc(-c2ccccc2)c(NCc2ccco2)n1. The van der Waals surface area contributed by atoms with Gasteiger partial charge in [0.2, 0.25) is 0 Å². The molecule has 128 valence electrons. The van der Waals surface area contributed by atoms with Gasteiger partial charge < -0.3 is 9.73 Å². The van der Waals surface area contributed by atoms with Crippen LogP contribution in [0, 0.1) is 5.82 Å². The zero-order chi connectivity index (χ0) is 17.8. The smallest absolute Gasteiger partial charge is 0.186 e. The molecular formula is C20H15FN4O. The lowest BCUT2D eigenvalue weighted by atomic mass is 10.1. The van der Waals surface area contributed by atoms with Crippen LogP contribution in [-0.4, -0.2) is 15.2 Å². The Kier molecular flexibility index (Phi) is 4.38. The summed E-state index contributed by atoms with van der Waals surface area (Å²) in [6, 6.07) is 19.6. The predicted molar refractivity (Wildman–Crippen MR) is 96.7 cm³/mol. The Balaban J connectivity index is 1.75. The van der Waals surface area contributed by atoms with Crippen LogP contribution in [0.5, 0.6) is 0 Å². The van der Waals surface area contributed by atoms with E-state index < -0.39 is 5.82 Å². The van der Waals surface area contributed by atoms with Crippen LogP contribution >= 0.6 is 0 Å². The largest absolute Gasteiger partial charge is 0.467 e. The number of halogens is 1. The molecule has 5 nitrogen and oxygen atoms in total. The molecule has 0 unspecified atom stereocenters. The van der Waals surface area contributed by atoms with E-state index in [2.05, 4.69) is 20.5 Å². The maximum Gasteiger partial charge on any atom is 0.186 e. The number of anilines is 1. The molecule has 0 aliphatic rings. The lowest BCUT2D eigenvalue weighted by Crippen LogP contribution is -2.07. The van der Waals surface area contributed by atoms with E-state index in [1.54, 1.807) is 24.5 Å². The average molecular weight is 346 g/mol. The Labute approximate surface area is 149 Å². The number of benzene rings is 2. The van der Waals surface area contributed by atoms with Crippen LogP contribution in [0.25, 0.3) is 22.6 Å². The van der Waals surface area contributed by atoms with Crippen molar-refractivity contribution >= 4 is 5.82 Å². The van der Waals surface area contributed by atoms with Crippen LogP contribution in [0.1, 0.15) is 5.76 Å². The Morgan fingerprint density at radius 3 is 2.46 bits per heavy atom. The molecule has 6 heteroatoms. The first-order valence-corrected chi connectivity index (χ1v) is 8.12. The van der Waals surface area contributed by atoms with Gasteiger partial charge in [-0.05, 0) is 24.3 Å². The van der Waals surface area contributed by atoms with E-state index >= 15 is 0 Å². The third-order valence-corrected chi connectivity index (χ3v) is 3.86. The number of nitrogens with one attached hydrogen (secondary N) is 1. The molecule has 0 fully saturated rings. The van der Waals surface area contributed by atoms with Crippen molar-refractivity contribution in [1.82, 2.24) is 15.2 Å². The fourth-order valence-corrected chi connectivity index (χ4v) is 2.58. The zero-order valence-corrected chi connectivity index (χ0v) is 13.8. The highest BCUT2D eigenvalue weighted by atomic mass is 19.1.